The van der Waals surface area contributed by atoms with Gasteiger partial charge in [-0.3, -0.25) is 23.4 Å². The summed E-state index contributed by atoms with van der Waals surface area (Å²) >= 11 is 0. The summed E-state index contributed by atoms with van der Waals surface area (Å²) in [7, 11) is -1.35. The third kappa shape index (κ3) is 19.7. The first-order valence-electron chi connectivity index (χ1n) is 20.1. The van der Waals surface area contributed by atoms with Gasteiger partial charge in [-0.1, -0.05) is 133 Å². The summed E-state index contributed by atoms with van der Waals surface area (Å²) in [5, 5.41) is 10.9. The molecule has 1 fully saturated rings. The van der Waals surface area contributed by atoms with Crippen LogP contribution in [0.5, 0.6) is 0 Å². The number of hydrogen-bond donors (Lipinski definition) is 4. The number of hydrogen-bond acceptors (Lipinski definition) is 6. The summed E-state index contributed by atoms with van der Waals surface area (Å²) in [6, 6.07) is 5.59. The number of carbonyl (C=O) groups excluding carboxylic acids is 5. The van der Waals surface area contributed by atoms with E-state index in [1.54, 1.807) is 12.1 Å². The lowest BCUT2D eigenvalue weighted by Crippen LogP contribution is -2.62. The molecule has 0 aliphatic carbocycles. The Kier molecular flexibility index (Phi) is 28.1. The van der Waals surface area contributed by atoms with Gasteiger partial charge in [0.25, 0.3) is 5.91 Å². The van der Waals surface area contributed by atoms with Crippen molar-refractivity contribution in [2.75, 3.05) is 18.8 Å². The molecule has 1 aliphatic heterocycles. The van der Waals surface area contributed by atoms with E-state index in [0.29, 0.717) is 37.1 Å². The van der Waals surface area contributed by atoms with Crippen LogP contribution in [0.4, 0.5) is 4.79 Å². The minimum atomic E-state index is -1.35. The molecule has 1 aromatic rings. The van der Waals surface area contributed by atoms with E-state index in [-0.39, 0.29) is 18.7 Å². The van der Waals surface area contributed by atoms with Crippen LogP contribution in [0.3, 0.4) is 0 Å². The van der Waals surface area contributed by atoms with Crippen LogP contribution in [0.2, 0.25) is 0 Å². The highest BCUT2D eigenvalue weighted by Gasteiger charge is 2.43. The monoisotopic (exact) mass is 778 g/mol. The Hall–Kier alpha value is -3.54. The molecule has 0 bridgehead atoms. The fraction of sp³-hybridized carbons (Fsp3) is 0.690. The molecule has 0 spiro atoms. The molecule has 0 saturated carbocycles. The molecule has 2 rings (SSSR count). The van der Waals surface area contributed by atoms with Gasteiger partial charge in [-0.2, -0.15) is 0 Å². The molecular weight excluding hydrogens is 703 g/mol. The maximum Gasteiger partial charge on any atom is 0.315 e. The Morgan fingerprint density at radius 2 is 1.44 bits per heavy atom. The van der Waals surface area contributed by atoms with Gasteiger partial charge in [0.15, 0.2) is 0 Å². The zero-order chi connectivity index (χ0) is 41.9. The largest absolute Gasteiger partial charge is 0.346 e. The summed E-state index contributed by atoms with van der Waals surface area (Å²) in [4.78, 5) is 67.7. The molecule has 54 heavy (non-hydrogen) atoms. The number of benzene rings is 1. The van der Waals surface area contributed by atoms with Crippen LogP contribution in [-0.2, 0) is 30.0 Å². The summed E-state index contributed by atoms with van der Waals surface area (Å²) in [5.74, 6) is -2.31. The van der Waals surface area contributed by atoms with Gasteiger partial charge in [0.1, 0.15) is 12.1 Å². The van der Waals surface area contributed by atoms with Crippen molar-refractivity contribution in [1.82, 2.24) is 26.2 Å². The molecule has 0 aromatic heterocycles. The Bertz CT molecular complexity index is 1280. The van der Waals surface area contributed by atoms with Crippen molar-refractivity contribution in [3.63, 3.8) is 0 Å². The summed E-state index contributed by atoms with van der Waals surface area (Å²) in [6.45, 7) is 27.7. The number of ketones is 1. The van der Waals surface area contributed by atoms with Gasteiger partial charge in [0.05, 0.1) is 28.1 Å². The van der Waals surface area contributed by atoms with Crippen LogP contribution in [0.15, 0.2) is 47.9 Å². The Labute approximate surface area is 330 Å². The number of amides is 5. The van der Waals surface area contributed by atoms with E-state index < -0.39 is 69.4 Å². The number of likely N-dealkylation sites (tertiary alicyclic amines) is 1. The average molecular weight is 778 g/mol. The van der Waals surface area contributed by atoms with Gasteiger partial charge < -0.3 is 26.2 Å². The standard InChI is InChI=1S/C32H49N5O6S.2C4H10.C2H6/c1-8-15-23(25(38)28(40)33-19-9-2)34-27(39)24-18-14-20-37(24)29(41)26(31(4,5)6)35-30(42)36-32(7,10-3)21-44(43)22-16-12-11-13-17-22;2*1-3-4-2;1-2/h9,11-13,16-17,23-24,26H,2,8,10,14-15,18-21H2,1,3-7H3,(H,33,40)(H,34,39)(H2,35,36,42);2*3-4H2,1-2H3;1-2H3/t23?,24-,26?,32?,44?;;;/m0.../s1. The molecule has 12 heteroatoms. The van der Waals surface area contributed by atoms with Crippen molar-refractivity contribution >= 4 is 40.3 Å². The summed E-state index contributed by atoms with van der Waals surface area (Å²) in [5.41, 5.74) is -1.53. The molecule has 5 atom stereocenters. The predicted molar refractivity (Wildman–Crippen MR) is 224 cm³/mol. The first-order valence-corrected chi connectivity index (χ1v) is 21.4. The van der Waals surface area contributed by atoms with E-state index in [9.17, 15) is 28.2 Å². The normalized spacial score (nSPS) is 16.1. The molecule has 5 amide bonds. The lowest BCUT2D eigenvalue weighted by atomic mass is 9.85. The molecule has 1 aliphatic rings. The molecule has 1 saturated heterocycles. The SMILES string of the molecule is C=CCNC(=O)C(=O)C(CCC)NC(=O)[C@@H]1CCCN1C(=O)C(NC(=O)NC(C)(CC)CS(=O)c1ccccc1)C(C)(C)C.CC.CCCC.CCCC. The molecule has 0 radical (unpaired) electrons. The van der Waals surface area contributed by atoms with Gasteiger partial charge >= 0.3 is 6.03 Å². The van der Waals surface area contributed by atoms with Crippen molar-refractivity contribution in [2.24, 2.45) is 5.41 Å². The topological polar surface area (TPSA) is 154 Å². The van der Waals surface area contributed by atoms with Crippen LogP contribution < -0.4 is 21.3 Å². The van der Waals surface area contributed by atoms with Gasteiger partial charge in [0, 0.05) is 18.0 Å². The number of nitrogens with one attached hydrogen (secondary N) is 4. The number of rotatable bonds is 17. The fourth-order valence-corrected chi connectivity index (χ4v) is 6.45. The second-order valence-electron chi connectivity index (χ2n) is 14.5. The number of urea groups is 1. The second-order valence-corrected chi connectivity index (χ2v) is 16.0. The van der Waals surface area contributed by atoms with E-state index in [2.05, 4.69) is 55.5 Å². The number of carbonyl (C=O) groups is 5. The smallest absolute Gasteiger partial charge is 0.315 e. The highest BCUT2D eigenvalue weighted by Crippen LogP contribution is 2.26. The lowest BCUT2D eigenvalue weighted by molar-refractivity contribution is -0.143. The first kappa shape index (κ1) is 52.6. The molecule has 4 N–H and O–H groups in total. The molecule has 310 valence electrons. The molecule has 1 heterocycles. The minimum Gasteiger partial charge on any atom is -0.346 e. The predicted octanol–water partition coefficient (Wildman–Crippen LogP) is 7.46. The number of unbranched alkanes of at least 4 members (excludes halogenated alkanes) is 2. The van der Waals surface area contributed by atoms with E-state index in [1.807, 2.05) is 73.6 Å². The van der Waals surface area contributed by atoms with Crippen LogP contribution in [0.1, 0.15) is 141 Å². The maximum atomic E-state index is 13.9. The van der Waals surface area contributed by atoms with Crippen molar-refractivity contribution in [2.45, 2.75) is 169 Å². The summed E-state index contributed by atoms with van der Waals surface area (Å²) < 4.78 is 13.0. The van der Waals surface area contributed by atoms with E-state index in [0.717, 1.165) is 0 Å². The third-order valence-corrected chi connectivity index (χ3v) is 10.4. The molecule has 1 aromatic carbocycles. The van der Waals surface area contributed by atoms with Crippen molar-refractivity contribution in [3.8, 4) is 0 Å². The minimum absolute atomic E-state index is 0.124. The second kappa shape index (κ2) is 28.8. The fourth-order valence-electron chi connectivity index (χ4n) is 4.97. The zero-order valence-electron chi connectivity index (χ0n) is 35.7. The first-order chi connectivity index (χ1) is 25.5. The lowest BCUT2D eigenvalue weighted by Gasteiger charge is -2.37. The van der Waals surface area contributed by atoms with Gasteiger partial charge in [-0.05, 0) is 50.2 Å². The van der Waals surface area contributed by atoms with Gasteiger partial charge in [-0.15, -0.1) is 6.58 Å². The van der Waals surface area contributed by atoms with Crippen LogP contribution in [-0.4, -0.2) is 81.2 Å². The van der Waals surface area contributed by atoms with Crippen molar-refractivity contribution in [3.05, 3.63) is 43.0 Å². The Balaban J connectivity index is 0. The van der Waals surface area contributed by atoms with Crippen molar-refractivity contribution in [1.29, 1.82) is 0 Å². The summed E-state index contributed by atoms with van der Waals surface area (Å²) in [6.07, 6.45) is 9.01. The molecule has 11 nitrogen and oxygen atoms in total. The van der Waals surface area contributed by atoms with E-state index in [1.165, 1.54) is 36.7 Å². The highest BCUT2D eigenvalue weighted by molar-refractivity contribution is 7.85. The van der Waals surface area contributed by atoms with Crippen LogP contribution in [0.25, 0.3) is 0 Å². The van der Waals surface area contributed by atoms with Gasteiger partial charge in [-0.25, -0.2) is 4.79 Å². The van der Waals surface area contributed by atoms with Gasteiger partial charge in [0.2, 0.25) is 17.6 Å². The van der Waals surface area contributed by atoms with E-state index >= 15 is 0 Å². The van der Waals surface area contributed by atoms with E-state index in [4.69, 9.17) is 0 Å². The van der Waals surface area contributed by atoms with Crippen LogP contribution >= 0.6 is 0 Å². The van der Waals surface area contributed by atoms with Crippen LogP contribution in [0, 0.1) is 5.41 Å². The highest BCUT2D eigenvalue weighted by atomic mass is 32.2. The Morgan fingerprint density at radius 3 is 1.91 bits per heavy atom. The zero-order valence-corrected chi connectivity index (χ0v) is 36.5. The average Bonchev–Trinajstić information content (AvgIpc) is 3.66. The third-order valence-electron chi connectivity index (χ3n) is 8.72. The number of nitrogens with zero attached hydrogens (tertiary/aromatic N) is 1. The maximum absolute atomic E-state index is 13.9. The Morgan fingerprint density at radius 1 is 0.889 bits per heavy atom. The quantitative estimate of drug-likeness (QED) is 0.0952. The number of Topliss-reactive ketones (excluding diaryl/α,β-unsaturated/α-hetero) is 1. The molecular formula is C42H75N5O6S. The molecule has 4 unspecified atom stereocenters. The van der Waals surface area contributed by atoms with Crippen molar-refractivity contribution < 1.29 is 28.2 Å².